The summed E-state index contributed by atoms with van der Waals surface area (Å²) in [4.78, 5) is 43.6. The van der Waals surface area contributed by atoms with Gasteiger partial charge in [-0.1, -0.05) is 20.8 Å². The predicted octanol–water partition coefficient (Wildman–Crippen LogP) is 4.34. The summed E-state index contributed by atoms with van der Waals surface area (Å²) in [5.41, 5.74) is -2.11. The molecule has 0 bridgehead atoms. The van der Waals surface area contributed by atoms with Gasteiger partial charge in [0, 0.05) is 19.2 Å². The normalized spacial score (nSPS) is 15.0. The topological polar surface area (TPSA) is 114 Å². The van der Waals surface area contributed by atoms with Crippen molar-refractivity contribution in [3.05, 3.63) is 41.0 Å². The van der Waals surface area contributed by atoms with Gasteiger partial charge in [0.15, 0.2) is 17.3 Å². The van der Waals surface area contributed by atoms with Crippen LogP contribution >= 0.6 is 0 Å². The van der Waals surface area contributed by atoms with Crippen LogP contribution in [0.1, 0.15) is 64.1 Å². The average molecular weight is 525 g/mol. The Morgan fingerprint density at radius 3 is 2.22 bits per heavy atom. The molecule has 0 fully saturated rings. The fourth-order valence-corrected chi connectivity index (χ4v) is 3.98. The molecule has 0 aliphatic carbocycles. The lowest BCUT2D eigenvalue weighted by Gasteiger charge is -2.28. The van der Waals surface area contributed by atoms with Gasteiger partial charge in [-0.25, -0.2) is 27.7 Å². The van der Waals surface area contributed by atoms with Gasteiger partial charge in [0.25, 0.3) is 5.91 Å². The Hall–Kier alpha value is -3.57. The molecule has 0 spiro atoms. The van der Waals surface area contributed by atoms with Crippen molar-refractivity contribution in [2.24, 2.45) is 5.41 Å². The highest BCUT2D eigenvalue weighted by Gasteiger charge is 2.36. The van der Waals surface area contributed by atoms with Gasteiger partial charge in [-0.3, -0.25) is 4.79 Å². The van der Waals surface area contributed by atoms with Crippen molar-refractivity contribution in [1.82, 2.24) is 19.8 Å². The Bertz CT molecular complexity index is 1230. The second kappa shape index (κ2) is 10.1. The van der Waals surface area contributed by atoms with Gasteiger partial charge in [0.1, 0.15) is 23.3 Å². The molecule has 2 heterocycles. The lowest BCUT2D eigenvalue weighted by Crippen LogP contribution is -2.49. The minimum absolute atomic E-state index is 0.148. The van der Waals surface area contributed by atoms with Crippen LogP contribution in [-0.4, -0.2) is 55.7 Å². The molecule has 1 aliphatic heterocycles. The summed E-state index contributed by atoms with van der Waals surface area (Å²) in [5, 5.41) is 12.1. The molecule has 1 aromatic heterocycles. The Morgan fingerprint density at radius 1 is 1.03 bits per heavy atom. The number of halogens is 3. The lowest BCUT2D eigenvalue weighted by molar-refractivity contribution is -0.142. The highest BCUT2D eigenvalue weighted by atomic mass is 19.2. The molecule has 0 saturated carbocycles. The summed E-state index contributed by atoms with van der Waals surface area (Å²) < 4.78 is 49.3. The first kappa shape index (κ1) is 28.0. The molecule has 0 radical (unpaired) electrons. The number of carboxylic acid groups (broad SMARTS) is 1. The van der Waals surface area contributed by atoms with Gasteiger partial charge >= 0.3 is 12.1 Å². The molecule has 202 valence electrons. The van der Waals surface area contributed by atoms with Gasteiger partial charge in [-0.2, -0.15) is 0 Å². The van der Waals surface area contributed by atoms with Crippen LogP contribution in [0.4, 0.5) is 18.0 Å². The minimum Gasteiger partial charge on any atom is -0.480 e. The largest absolute Gasteiger partial charge is 0.480 e. The predicted molar refractivity (Wildman–Crippen MR) is 127 cm³/mol. The van der Waals surface area contributed by atoms with Gasteiger partial charge in [0.05, 0.1) is 17.8 Å². The van der Waals surface area contributed by atoms with Crippen molar-refractivity contribution in [2.75, 3.05) is 6.54 Å². The van der Waals surface area contributed by atoms with Crippen LogP contribution in [0, 0.1) is 22.9 Å². The molecule has 2 amide bonds. The molecule has 3 rings (SSSR count). The smallest absolute Gasteiger partial charge is 0.410 e. The van der Waals surface area contributed by atoms with Crippen molar-refractivity contribution < 1.29 is 37.4 Å². The number of nitrogens with zero attached hydrogens (tertiary/aromatic N) is 3. The lowest BCUT2D eigenvalue weighted by atomic mass is 9.86. The first-order chi connectivity index (χ1) is 17.0. The SMILES string of the molecule is CC(C)(C)OC(=O)N1CCCn2c(-c3cc(F)c(F)cc3F)nc(C(=O)NC(C(=O)O)C(C)(C)C)c2C1. The van der Waals surface area contributed by atoms with Gasteiger partial charge in [-0.15, -0.1) is 0 Å². The Morgan fingerprint density at radius 2 is 1.65 bits per heavy atom. The number of carboxylic acids is 1. The number of nitrogens with one attached hydrogen (secondary N) is 1. The van der Waals surface area contributed by atoms with E-state index < -0.39 is 52.5 Å². The van der Waals surface area contributed by atoms with E-state index in [2.05, 4.69) is 10.3 Å². The number of imidazole rings is 1. The summed E-state index contributed by atoms with van der Waals surface area (Å²) in [7, 11) is 0. The standard InChI is InChI=1S/C25H31F3N4O5/c1-24(2,3)19(22(34)35)30-21(33)18-17-12-31(23(36)37-25(4,5)6)8-7-9-32(17)20(29-18)13-10-15(27)16(28)11-14(13)26/h10-11,19H,7-9,12H2,1-6H3,(H,30,33)(H,34,35). The zero-order chi connectivity index (χ0) is 27.9. The fourth-order valence-electron chi connectivity index (χ4n) is 3.98. The van der Waals surface area contributed by atoms with Gasteiger partial charge in [-0.05, 0) is 38.7 Å². The van der Waals surface area contributed by atoms with Crippen LogP contribution in [0.15, 0.2) is 12.1 Å². The maximum Gasteiger partial charge on any atom is 0.410 e. The van der Waals surface area contributed by atoms with E-state index in [1.165, 1.54) is 9.47 Å². The number of ether oxygens (including phenoxy) is 1. The summed E-state index contributed by atoms with van der Waals surface area (Å²) >= 11 is 0. The van der Waals surface area contributed by atoms with Gasteiger partial charge < -0.3 is 24.6 Å². The third-order valence-electron chi connectivity index (χ3n) is 5.73. The molecule has 2 N–H and O–H groups in total. The second-order valence-electron chi connectivity index (χ2n) is 11.0. The van der Waals surface area contributed by atoms with Crippen molar-refractivity contribution in [1.29, 1.82) is 0 Å². The molecular formula is C25H31F3N4O5. The second-order valence-corrected chi connectivity index (χ2v) is 11.0. The fraction of sp³-hybridized carbons (Fsp3) is 0.520. The van der Waals surface area contributed by atoms with Crippen molar-refractivity contribution in [3.63, 3.8) is 0 Å². The summed E-state index contributed by atoms with van der Waals surface area (Å²) in [6, 6.07) is -0.266. The molecule has 1 atom stereocenters. The molecule has 1 aromatic carbocycles. The molecule has 1 aliphatic rings. The van der Waals surface area contributed by atoms with Crippen LogP contribution in [0.3, 0.4) is 0 Å². The summed E-state index contributed by atoms with van der Waals surface area (Å²) in [5.74, 6) is -6.06. The highest BCUT2D eigenvalue weighted by Crippen LogP contribution is 2.30. The van der Waals surface area contributed by atoms with Crippen LogP contribution in [0.5, 0.6) is 0 Å². The molecule has 9 nitrogen and oxygen atoms in total. The number of carbonyl (C=O) groups is 3. The molecule has 1 unspecified atom stereocenters. The van der Waals surface area contributed by atoms with Crippen LogP contribution in [0.2, 0.25) is 0 Å². The van der Waals surface area contributed by atoms with E-state index in [0.29, 0.717) is 18.6 Å². The van der Waals surface area contributed by atoms with Crippen LogP contribution in [-0.2, 0) is 22.6 Å². The number of rotatable bonds is 4. The quantitative estimate of drug-likeness (QED) is 0.576. The Kier molecular flexibility index (Phi) is 7.62. The number of aliphatic carboxylic acids is 1. The van der Waals surface area contributed by atoms with Crippen molar-refractivity contribution in [3.8, 4) is 11.4 Å². The maximum absolute atomic E-state index is 14.7. The van der Waals surface area contributed by atoms with E-state index in [1.807, 2.05) is 0 Å². The number of aromatic nitrogens is 2. The first-order valence-corrected chi connectivity index (χ1v) is 11.8. The molecule has 2 aromatic rings. The van der Waals surface area contributed by atoms with E-state index in [9.17, 15) is 32.7 Å². The van der Waals surface area contributed by atoms with E-state index in [0.717, 1.165) is 0 Å². The Balaban J connectivity index is 2.14. The average Bonchev–Trinajstić information content (AvgIpc) is 2.94. The third kappa shape index (κ3) is 6.23. The minimum atomic E-state index is -1.38. The zero-order valence-electron chi connectivity index (χ0n) is 21.6. The van der Waals surface area contributed by atoms with Crippen LogP contribution < -0.4 is 5.32 Å². The number of hydrogen-bond donors (Lipinski definition) is 2. The van der Waals surface area contributed by atoms with E-state index in [4.69, 9.17) is 4.74 Å². The zero-order valence-corrected chi connectivity index (χ0v) is 21.6. The number of hydrogen-bond acceptors (Lipinski definition) is 5. The number of carbonyl (C=O) groups excluding carboxylic acids is 2. The first-order valence-electron chi connectivity index (χ1n) is 11.8. The van der Waals surface area contributed by atoms with Crippen molar-refractivity contribution >= 4 is 18.0 Å². The molecule has 37 heavy (non-hydrogen) atoms. The summed E-state index contributed by atoms with van der Waals surface area (Å²) in [6.07, 6.45) is -0.283. The molecule has 0 saturated heterocycles. The Labute approximate surface area is 212 Å². The van der Waals surface area contributed by atoms with E-state index in [-0.39, 0.29) is 42.4 Å². The molecule has 12 heteroatoms. The van der Waals surface area contributed by atoms with E-state index in [1.54, 1.807) is 41.5 Å². The third-order valence-corrected chi connectivity index (χ3v) is 5.73. The van der Waals surface area contributed by atoms with Gasteiger partial charge in [0.2, 0.25) is 0 Å². The number of amides is 2. The van der Waals surface area contributed by atoms with Crippen LogP contribution in [0.25, 0.3) is 11.4 Å². The number of benzene rings is 1. The summed E-state index contributed by atoms with van der Waals surface area (Å²) in [6.45, 7) is 10.2. The number of fused-ring (bicyclic) bond motifs is 1. The molecular weight excluding hydrogens is 493 g/mol. The van der Waals surface area contributed by atoms with E-state index >= 15 is 0 Å². The monoisotopic (exact) mass is 524 g/mol. The maximum atomic E-state index is 14.7. The highest BCUT2D eigenvalue weighted by molar-refractivity contribution is 5.97. The van der Waals surface area contributed by atoms with Crippen molar-refractivity contribution in [2.45, 2.75) is 72.7 Å².